The molecule has 0 unspecified atom stereocenters. The van der Waals surface area contributed by atoms with E-state index in [9.17, 15) is 4.79 Å². The third-order valence-corrected chi connectivity index (χ3v) is 2.61. The van der Waals surface area contributed by atoms with Gasteiger partial charge in [0.05, 0.1) is 6.61 Å². The molecular formula is C12H16BrNO2. The molecule has 0 spiro atoms. The number of carbonyl (C=O) groups excluding carboxylic acids is 1. The summed E-state index contributed by atoms with van der Waals surface area (Å²) in [5.74, 6) is 0.0593. The SMILES string of the molecule is COCc1ccccc1CNC(=O)CCBr. The number of hydrogen-bond acceptors (Lipinski definition) is 2. The van der Waals surface area contributed by atoms with Gasteiger partial charge in [-0.05, 0) is 11.1 Å². The van der Waals surface area contributed by atoms with Crippen LogP contribution in [0.4, 0.5) is 0 Å². The fraction of sp³-hybridized carbons (Fsp3) is 0.417. The van der Waals surface area contributed by atoms with E-state index in [0.29, 0.717) is 24.9 Å². The molecule has 0 saturated carbocycles. The molecule has 0 fully saturated rings. The van der Waals surface area contributed by atoms with Crippen LogP contribution in [0, 0.1) is 0 Å². The van der Waals surface area contributed by atoms with E-state index >= 15 is 0 Å². The van der Waals surface area contributed by atoms with Gasteiger partial charge in [0.1, 0.15) is 0 Å². The van der Waals surface area contributed by atoms with E-state index in [1.807, 2.05) is 24.3 Å². The van der Waals surface area contributed by atoms with Crippen molar-refractivity contribution in [1.82, 2.24) is 5.32 Å². The van der Waals surface area contributed by atoms with E-state index in [-0.39, 0.29) is 5.91 Å². The molecule has 0 radical (unpaired) electrons. The zero-order chi connectivity index (χ0) is 11.8. The molecule has 0 heterocycles. The summed E-state index contributed by atoms with van der Waals surface area (Å²) in [7, 11) is 1.67. The van der Waals surface area contributed by atoms with Crippen molar-refractivity contribution in [2.75, 3.05) is 12.4 Å². The predicted molar refractivity (Wildman–Crippen MR) is 67.4 cm³/mol. The molecule has 0 saturated heterocycles. The fourth-order valence-corrected chi connectivity index (χ4v) is 1.75. The minimum Gasteiger partial charge on any atom is -0.380 e. The van der Waals surface area contributed by atoms with Crippen molar-refractivity contribution in [2.45, 2.75) is 19.6 Å². The number of benzene rings is 1. The van der Waals surface area contributed by atoms with E-state index < -0.39 is 0 Å². The van der Waals surface area contributed by atoms with Crippen LogP contribution < -0.4 is 5.32 Å². The predicted octanol–water partition coefficient (Wildman–Crippen LogP) is 2.23. The number of halogens is 1. The first-order valence-electron chi connectivity index (χ1n) is 5.16. The molecule has 16 heavy (non-hydrogen) atoms. The molecule has 0 aliphatic heterocycles. The maximum atomic E-state index is 11.3. The van der Waals surface area contributed by atoms with Crippen LogP contribution in [0.3, 0.4) is 0 Å². The molecule has 0 atom stereocenters. The van der Waals surface area contributed by atoms with Crippen LogP contribution in [-0.4, -0.2) is 18.3 Å². The van der Waals surface area contributed by atoms with Gasteiger partial charge in [-0.1, -0.05) is 40.2 Å². The molecule has 1 aromatic rings. The zero-order valence-corrected chi connectivity index (χ0v) is 10.9. The lowest BCUT2D eigenvalue weighted by Gasteiger charge is -2.09. The molecule has 1 amide bonds. The minimum absolute atomic E-state index is 0.0593. The lowest BCUT2D eigenvalue weighted by Crippen LogP contribution is -2.23. The highest BCUT2D eigenvalue weighted by atomic mass is 79.9. The van der Waals surface area contributed by atoms with Crippen LogP contribution in [0.25, 0.3) is 0 Å². The number of nitrogens with one attached hydrogen (secondary N) is 1. The second-order valence-corrected chi connectivity index (χ2v) is 4.21. The number of carbonyl (C=O) groups is 1. The third kappa shape index (κ3) is 4.33. The quantitative estimate of drug-likeness (QED) is 0.814. The van der Waals surface area contributed by atoms with Crippen molar-refractivity contribution in [2.24, 2.45) is 0 Å². The van der Waals surface area contributed by atoms with Crippen molar-refractivity contribution in [1.29, 1.82) is 0 Å². The molecular weight excluding hydrogens is 270 g/mol. The second-order valence-electron chi connectivity index (χ2n) is 3.42. The van der Waals surface area contributed by atoms with Gasteiger partial charge < -0.3 is 10.1 Å². The first kappa shape index (κ1) is 13.2. The van der Waals surface area contributed by atoms with Gasteiger partial charge in [0.25, 0.3) is 0 Å². The number of hydrogen-bond donors (Lipinski definition) is 1. The van der Waals surface area contributed by atoms with Gasteiger partial charge in [-0.25, -0.2) is 0 Å². The van der Waals surface area contributed by atoms with Gasteiger partial charge in [-0.3, -0.25) is 4.79 Å². The molecule has 0 bridgehead atoms. The van der Waals surface area contributed by atoms with Gasteiger partial charge >= 0.3 is 0 Å². The molecule has 0 aliphatic rings. The Hall–Kier alpha value is -0.870. The summed E-state index contributed by atoms with van der Waals surface area (Å²) in [5.41, 5.74) is 2.22. The summed E-state index contributed by atoms with van der Waals surface area (Å²) in [6.07, 6.45) is 0.506. The van der Waals surface area contributed by atoms with E-state index in [1.165, 1.54) is 0 Å². The fourth-order valence-electron chi connectivity index (χ4n) is 1.39. The molecule has 1 aromatic carbocycles. The van der Waals surface area contributed by atoms with Crippen molar-refractivity contribution in [3.8, 4) is 0 Å². The Balaban J connectivity index is 2.55. The molecule has 1 N–H and O–H groups in total. The summed E-state index contributed by atoms with van der Waals surface area (Å²) in [6.45, 7) is 1.13. The smallest absolute Gasteiger partial charge is 0.221 e. The average Bonchev–Trinajstić information content (AvgIpc) is 2.29. The van der Waals surface area contributed by atoms with Crippen LogP contribution in [0.2, 0.25) is 0 Å². The first-order valence-corrected chi connectivity index (χ1v) is 6.28. The highest BCUT2D eigenvalue weighted by Crippen LogP contribution is 2.09. The summed E-state index contributed by atoms with van der Waals surface area (Å²) in [6, 6.07) is 7.95. The molecule has 0 aromatic heterocycles. The van der Waals surface area contributed by atoms with Crippen molar-refractivity contribution >= 4 is 21.8 Å². The van der Waals surface area contributed by atoms with Crippen LogP contribution in [0.5, 0.6) is 0 Å². The van der Waals surface area contributed by atoms with Crippen molar-refractivity contribution < 1.29 is 9.53 Å². The summed E-state index contributed by atoms with van der Waals surface area (Å²) < 4.78 is 5.10. The van der Waals surface area contributed by atoms with Gasteiger partial charge in [-0.2, -0.15) is 0 Å². The minimum atomic E-state index is 0.0593. The molecule has 1 rings (SSSR count). The number of alkyl halides is 1. The Labute approximate surface area is 104 Å². The van der Waals surface area contributed by atoms with E-state index in [1.54, 1.807) is 7.11 Å². The van der Waals surface area contributed by atoms with Crippen LogP contribution >= 0.6 is 15.9 Å². The number of rotatable bonds is 6. The maximum absolute atomic E-state index is 11.3. The van der Waals surface area contributed by atoms with Gasteiger partial charge in [0.15, 0.2) is 0 Å². The Morgan fingerprint density at radius 3 is 2.69 bits per heavy atom. The van der Waals surface area contributed by atoms with Crippen LogP contribution in [0.1, 0.15) is 17.5 Å². The van der Waals surface area contributed by atoms with Crippen molar-refractivity contribution in [3.05, 3.63) is 35.4 Å². The Kier molecular flexibility index (Phi) is 6.11. The van der Waals surface area contributed by atoms with Crippen LogP contribution in [0.15, 0.2) is 24.3 Å². The molecule has 88 valence electrons. The van der Waals surface area contributed by atoms with E-state index in [0.717, 1.165) is 11.1 Å². The number of amides is 1. The molecule has 0 aliphatic carbocycles. The lowest BCUT2D eigenvalue weighted by atomic mass is 10.1. The first-order chi connectivity index (χ1) is 7.77. The third-order valence-electron chi connectivity index (χ3n) is 2.22. The summed E-state index contributed by atoms with van der Waals surface area (Å²) >= 11 is 3.23. The van der Waals surface area contributed by atoms with E-state index in [4.69, 9.17) is 4.74 Å². The lowest BCUT2D eigenvalue weighted by molar-refractivity contribution is -0.120. The number of methoxy groups -OCH3 is 1. The Bertz CT molecular complexity index is 342. The van der Waals surface area contributed by atoms with Gasteiger partial charge in [0.2, 0.25) is 5.91 Å². The average molecular weight is 286 g/mol. The van der Waals surface area contributed by atoms with E-state index in [2.05, 4.69) is 21.2 Å². The highest BCUT2D eigenvalue weighted by Gasteiger charge is 2.03. The Morgan fingerprint density at radius 2 is 2.06 bits per heavy atom. The molecule has 4 heteroatoms. The standard InChI is InChI=1S/C12H16BrNO2/c1-16-9-11-5-3-2-4-10(11)8-14-12(15)6-7-13/h2-5H,6-9H2,1H3,(H,14,15). The summed E-state index contributed by atoms with van der Waals surface area (Å²) in [5, 5.41) is 3.57. The van der Waals surface area contributed by atoms with Gasteiger partial charge in [0, 0.05) is 25.4 Å². The normalized spacial score (nSPS) is 10.1. The zero-order valence-electron chi connectivity index (χ0n) is 9.33. The monoisotopic (exact) mass is 285 g/mol. The topological polar surface area (TPSA) is 38.3 Å². The van der Waals surface area contributed by atoms with Gasteiger partial charge in [-0.15, -0.1) is 0 Å². The second kappa shape index (κ2) is 7.41. The summed E-state index contributed by atoms with van der Waals surface area (Å²) in [4.78, 5) is 11.3. The number of ether oxygens (including phenoxy) is 1. The maximum Gasteiger partial charge on any atom is 0.221 e. The highest BCUT2D eigenvalue weighted by molar-refractivity contribution is 9.09. The van der Waals surface area contributed by atoms with Crippen LogP contribution in [-0.2, 0) is 22.7 Å². The van der Waals surface area contributed by atoms with Crippen molar-refractivity contribution in [3.63, 3.8) is 0 Å². The molecule has 3 nitrogen and oxygen atoms in total. The largest absolute Gasteiger partial charge is 0.380 e. The Morgan fingerprint density at radius 1 is 1.38 bits per heavy atom.